The van der Waals surface area contributed by atoms with Gasteiger partial charge < -0.3 is 4.90 Å². The van der Waals surface area contributed by atoms with Gasteiger partial charge in [0.2, 0.25) is 5.95 Å². The number of nitrogens with zero attached hydrogens (tertiary/aromatic N) is 4. The molecule has 0 unspecified atom stereocenters. The minimum Gasteiger partial charge on any atom is -0.342 e. The van der Waals surface area contributed by atoms with Crippen LogP contribution in [-0.2, 0) is 5.54 Å². The molecule has 1 saturated heterocycles. The van der Waals surface area contributed by atoms with E-state index in [4.69, 9.17) is 0 Å². The topological polar surface area (TPSA) is 66.8 Å². The van der Waals surface area contributed by atoms with Crippen LogP contribution in [0.25, 0.3) is 11.0 Å². The van der Waals surface area contributed by atoms with Crippen LogP contribution in [0.15, 0.2) is 11.0 Å². The number of nitrogens with one attached hydrogen (secondary N) is 1. The van der Waals surface area contributed by atoms with Crippen molar-refractivity contribution >= 4 is 17.0 Å². The van der Waals surface area contributed by atoms with Gasteiger partial charge in [-0.3, -0.25) is 9.78 Å². The smallest absolute Gasteiger partial charge is 0.263 e. The summed E-state index contributed by atoms with van der Waals surface area (Å²) in [5.74, 6) is 0.668. The second-order valence-electron chi connectivity index (χ2n) is 6.05. The van der Waals surface area contributed by atoms with Gasteiger partial charge in [0, 0.05) is 13.1 Å². The lowest BCUT2D eigenvalue weighted by atomic mass is 10.1. The number of hydrogen-bond acceptors (Lipinski definition) is 4. The number of aromatic nitrogens is 4. The highest BCUT2D eigenvalue weighted by molar-refractivity contribution is 5.74. The van der Waals surface area contributed by atoms with Crippen LogP contribution in [0.3, 0.4) is 0 Å². The summed E-state index contributed by atoms with van der Waals surface area (Å²) in [5.41, 5.74) is 0.366. The summed E-state index contributed by atoms with van der Waals surface area (Å²) in [6.45, 7) is 8.07. The summed E-state index contributed by atoms with van der Waals surface area (Å²) >= 11 is 0. The Morgan fingerprint density at radius 1 is 1.26 bits per heavy atom. The first-order chi connectivity index (χ1) is 8.97. The van der Waals surface area contributed by atoms with Crippen molar-refractivity contribution in [1.29, 1.82) is 0 Å². The van der Waals surface area contributed by atoms with Crippen molar-refractivity contribution in [3.63, 3.8) is 0 Å². The van der Waals surface area contributed by atoms with Gasteiger partial charge in [0.25, 0.3) is 5.56 Å². The molecule has 102 valence electrons. The fraction of sp³-hybridized carbons (Fsp3) is 0.615. The molecule has 0 amide bonds. The predicted molar refractivity (Wildman–Crippen MR) is 74.6 cm³/mol. The maximum absolute atomic E-state index is 12.1. The number of fused-ring (bicyclic) bond motifs is 1. The standard InChI is InChI=1S/C13H19N5O/c1-13(2,3)18-10-9(8-14-18)11(19)16-12(15-10)17-6-4-5-7-17/h8H,4-7H2,1-3H3,(H,15,16,19). The quantitative estimate of drug-likeness (QED) is 0.844. The lowest BCUT2D eigenvalue weighted by molar-refractivity contribution is 0.366. The van der Waals surface area contributed by atoms with Gasteiger partial charge in [-0.05, 0) is 33.6 Å². The second kappa shape index (κ2) is 4.08. The largest absolute Gasteiger partial charge is 0.342 e. The minimum absolute atomic E-state index is 0.109. The predicted octanol–water partition coefficient (Wildman–Crippen LogP) is 1.47. The zero-order chi connectivity index (χ0) is 13.6. The zero-order valence-corrected chi connectivity index (χ0v) is 11.6. The molecule has 6 nitrogen and oxygen atoms in total. The van der Waals surface area contributed by atoms with Gasteiger partial charge in [0.15, 0.2) is 5.65 Å². The van der Waals surface area contributed by atoms with Gasteiger partial charge in [-0.2, -0.15) is 10.1 Å². The normalized spacial score (nSPS) is 16.5. The van der Waals surface area contributed by atoms with Crippen molar-refractivity contribution in [2.75, 3.05) is 18.0 Å². The third-order valence-electron chi connectivity index (χ3n) is 3.47. The van der Waals surface area contributed by atoms with Crippen molar-refractivity contribution in [1.82, 2.24) is 19.7 Å². The molecule has 1 aliphatic rings. The Bertz CT molecular complexity index is 658. The Balaban J connectivity index is 2.19. The number of H-pyrrole nitrogens is 1. The highest BCUT2D eigenvalue weighted by Crippen LogP contribution is 2.21. The molecule has 1 fully saturated rings. The Morgan fingerprint density at radius 2 is 1.95 bits per heavy atom. The molecule has 0 bridgehead atoms. The molecule has 0 radical (unpaired) electrons. The fourth-order valence-electron chi connectivity index (χ4n) is 2.48. The summed E-state index contributed by atoms with van der Waals surface area (Å²) in [4.78, 5) is 21.7. The average molecular weight is 261 g/mol. The van der Waals surface area contributed by atoms with Crippen molar-refractivity contribution in [3.05, 3.63) is 16.6 Å². The first kappa shape index (κ1) is 12.2. The van der Waals surface area contributed by atoms with Crippen LogP contribution in [0.1, 0.15) is 33.6 Å². The SMILES string of the molecule is CC(C)(C)n1ncc2c(=O)[nH]c(N3CCCC3)nc21. The van der Waals surface area contributed by atoms with Crippen LogP contribution in [-0.4, -0.2) is 32.8 Å². The van der Waals surface area contributed by atoms with Crippen molar-refractivity contribution in [2.45, 2.75) is 39.2 Å². The lowest BCUT2D eigenvalue weighted by Crippen LogP contribution is -2.27. The summed E-state index contributed by atoms with van der Waals surface area (Å²) in [5, 5.41) is 4.86. The lowest BCUT2D eigenvalue weighted by Gasteiger charge is -2.21. The van der Waals surface area contributed by atoms with Crippen molar-refractivity contribution < 1.29 is 0 Å². The van der Waals surface area contributed by atoms with Gasteiger partial charge >= 0.3 is 0 Å². The van der Waals surface area contributed by atoms with E-state index in [0.29, 0.717) is 17.0 Å². The number of rotatable bonds is 1. The zero-order valence-electron chi connectivity index (χ0n) is 11.6. The third-order valence-corrected chi connectivity index (χ3v) is 3.47. The Kier molecular flexibility index (Phi) is 2.62. The highest BCUT2D eigenvalue weighted by atomic mass is 16.1. The van der Waals surface area contributed by atoms with Gasteiger partial charge in [-0.1, -0.05) is 0 Å². The van der Waals surface area contributed by atoms with Crippen LogP contribution < -0.4 is 10.5 Å². The number of hydrogen-bond donors (Lipinski definition) is 1. The Hall–Kier alpha value is -1.85. The van der Waals surface area contributed by atoms with Crippen LogP contribution in [0.5, 0.6) is 0 Å². The summed E-state index contributed by atoms with van der Waals surface area (Å²) in [7, 11) is 0. The maximum atomic E-state index is 12.1. The molecular weight excluding hydrogens is 242 g/mol. The van der Waals surface area contributed by atoms with Gasteiger partial charge in [-0.15, -0.1) is 0 Å². The molecule has 3 heterocycles. The molecule has 1 aliphatic heterocycles. The number of anilines is 1. The summed E-state index contributed by atoms with van der Waals surface area (Å²) in [6, 6.07) is 0. The highest BCUT2D eigenvalue weighted by Gasteiger charge is 2.22. The molecule has 3 rings (SSSR count). The Morgan fingerprint density at radius 3 is 2.58 bits per heavy atom. The molecular formula is C13H19N5O. The van der Waals surface area contributed by atoms with E-state index in [9.17, 15) is 4.79 Å². The minimum atomic E-state index is -0.190. The first-order valence-electron chi connectivity index (χ1n) is 6.70. The van der Waals surface area contributed by atoms with Crippen LogP contribution >= 0.6 is 0 Å². The summed E-state index contributed by atoms with van der Waals surface area (Å²) < 4.78 is 1.82. The van der Waals surface area contributed by atoms with E-state index in [1.807, 2.05) is 4.68 Å². The Labute approximate surface area is 111 Å². The maximum Gasteiger partial charge on any atom is 0.263 e. The molecule has 0 aliphatic carbocycles. The average Bonchev–Trinajstić information content (AvgIpc) is 2.96. The van der Waals surface area contributed by atoms with Gasteiger partial charge in [-0.25, -0.2) is 4.68 Å². The molecule has 0 saturated carbocycles. The van der Waals surface area contributed by atoms with E-state index in [1.54, 1.807) is 6.20 Å². The van der Waals surface area contributed by atoms with Crippen molar-refractivity contribution in [2.24, 2.45) is 0 Å². The molecule has 1 N–H and O–H groups in total. The van der Waals surface area contributed by atoms with E-state index in [2.05, 4.69) is 40.7 Å². The molecule has 19 heavy (non-hydrogen) atoms. The van der Waals surface area contributed by atoms with E-state index < -0.39 is 0 Å². The first-order valence-corrected chi connectivity index (χ1v) is 6.70. The van der Waals surface area contributed by atoms with E-state index >= 15 is 0 Å². The van der Waals surface area contributed by atoms with Gasteiger partial charge in [0.1, 0.15) is 5.39 Å². The molecule has 2 aromatic rings. The van der Waals surface area contributed by atoms with E-state index in [0.717, 1.165) is 25.9 Å². The fourth-order valence-corrected chi connectivity index (χ4v) is 2.48. The second-order valence-corrected chi connectivity index (χ2v) is 6.05. The summed E-state index contributed by atoms with van der Waals surface area (Å²) in [6.07, 6.45) is 3.90. The molecule has 6 heteroatoms. The monoisotopic (exact) mass is 261 g/mol. The van der Waals surface area contributed by atoms with E-state index in [-0.39, 0.29) is 11.1 Å². The van der Waals surface area contributed by atoms with E-state index in [1.165, 1.54) is 0 Å². The molecule has 0 aromatic carbocycles. The number of aromatic amines is 1. The van der Waals surface area contributed by atoms with Crippen LogP contribution in [0.4, 0.5) is 5.95 Å². The van der Waals surface area contributed by atoms with Gasteiger partial charge in [0.05, 0.1) is 11.7 Å². The van der Waals surface area contributed by atoms with Crippen LogP contribution in [0.2, 0.25) is 0 Å². The van der Waals surface area contributed by atoms with Crippen molar-refractivity contribution in [3.8, 4) is 0 Å². The third kappa shape index (κ3) is 2.01. The molecule has 0 atom stereocenters. The molecule has 0 spiro atoms. The van der Waals surface area contributed by atoms with Crippen LogP contribution in [0, 0.1) is 0 Å². The molecule has 2 aromatic heterocycles.